The van der Waals surface area contributed by atoms with E-state index in [4.69, 9.17) is 19.2 Å². The van der Waals surface area contributed by atoms with Crippen molar-refractivity contribution in [1.29, 1.82) is 0 Å². The molecule has 1 aliphatic heterocycles. The monoisotopic (exact) mass is 704 g/mol. The Morgan fingerprint density at radius 3 is 2.40 bits per heavy atom. The zero-order valence-electron chi connectivity index (χ0n) is 28.2. The largest absolute Gasteiger partial charge is 0.465 e. The highest BCUT2D eigenvalue weighted by Gasteiger charge is 2.30. The van der Waals surface area contributed by atoms with Crippen molar-refractivity contribution in [2.24, 2.45) is 5.41 Å². The summed E-state index contributed by atoms with van der Waals surface area (Å²) in [6.45, 7) is 13.6. The summed E-state index contributed by atoms with van der Waals surface area (Å²) in [5.41, 5.74) is 6.90. The predicted molar refractivity (Wildman–Crippen MR) is 188 cm³/mol. The van der Waals surface area contributed by atoms with Gasteiger partial charge >= 0.3 is 12.1 Å². The first kappa shape index (κ1) is 34.4. The number of aryl methyl sites for hydroxylation is 1. The van der Waals surface area contributed by atoms with Crippen LogP contribution in [0.5, 0.6) is 0 Å². The molecule has 1 aliphatic rings. The minimum absolute atomic E-state index is 0.243. The van der Waals surface area contributed by atoms with Gasteiger partial charge in [-0.3, -0.25) is 9.78 Å². The molecular weight excluding hydrogens is 660 g/mol. The number of methoxy groups -OCH3 is 1. The first-order valence-electron chi connectivity index (χ1n) is 16.2. The number of rotatable bonds is 11. The molecule has 0 aliphatic carbocycles. The Balaban J connectivity index is 1.49. The SMILES string of the molecule is CCn1c(-c2cc(N3CCN(C(=O)OCc4ccccc4)CC3)cnc2[C@H](C)OC)c(CC(C)(C)COC(C)=O)c2cc(Br)ccc21. The number of carbonyl (C=O) groups excluding carboxylic acids is 2. The fourth-order valence-electron chi connectivity index (χ4n) is 6.26. The van der Waals surface area contributed by atoms with Crippen molar-refractivity contribution in [3.63, 3.8) is 0 Å². The summed E-state index contributed by atoms with van der Waals surface area (Å²) in [5.74, 6) is -0.283. The molecule has 0 N–H and O–H groups in total. The van der Waals surface area contributed by atoms with Gasteiger partial charge in [-0.25, -0.2) is 4.79 Å². The normalized spacial score (nSPS) is 14.4. The number of esters is 1. The van der Waals surface area contributed by atoms with E-state index in [0.29, 0.717) is 39.2 Å². The van der Waals surface area contributed by atoms with Gasteiger partial charge in [0.2, 0.25) is 0 Å². The maximum Gasteiger partial charge on any atom is 0.410 e. The van der Waals surface area contributed by atoms with E-state index in [9.17, 15) is 9.59 Å². The van der Waals surface area contributed by atoms with E-state index in [2.05, 4.69) is 70.4 Å². The molecule has 3 heterocycles. The smallest absolute Gasteiger partial charge is 0.410 e. The molecule has 1 saturated heterocycles. The summed E-state index contributed by atoms with van der Waals surface area (Å²) in [5, 5.41) is 1.15. The summed E-state index contributed by atoms with van der Waals surface area (Å²) >= 11 is 3.70. The highest BCUT2D eigenvalue weighted by atomic mass is 79.9. The van der Waals surface area contributed by atoms with E-state index in [1.807, 2.05) is 43.5 Å². The second kappa shape index (κ2) is 14.9. The number of piperazine rings is 1. The van der Waals surface area contributed by atoms with Crippen molar-refractivity contribution in [3.05, 3.63) is 82.1 Å². The third-order valence-electron chi connectivity index (χ3n) is 8.77. The van der Waals surface area contributed by atoms with Crippen molar-refractivity contribution < 1.29 is 23.8 Å². The van der Waals surface area contributed by atoms with Gasteiger partial charge in [0.05, 0.1) is 36.0 Å². The maximum atomic E-state index is 12.8. The molecule has 0 bridgehead atoms. The number of hydrogen-bond acceptors (Lipinski definition) is 7. The maximum absolute atomic E-state index is 12.8. The van der Waals surface area contributed by atoms with Crippen LogP contribution in [-0.2, 0) is 38.6 Å². The van der Waals surface area contributed by atoms with Gasteiger partial charge < -0.3 is 28.6 Å². The lowest BCUT2D eigenvalue weighted by atomic mass is 9.84. The van der Waals surface area contributed by atoms with E-state index < -0.39 is 0 Å². The Morgan fingerprint density at radius 2 is 1.74 bits per heavy atom. The first-order valence-corrected chi connectivity index (χ1v) is 17.0. The molecule has 10 heteroatoms. The van der Waals surface area contributed by atoms with E-state index in [1.165, 1.54) is 12.5 Å². The molecule has 5 rings (SSSR count). The number of fused-ring (bicyclic) bond motifs is 1. The number of aromatic nitrogens is 2. The number of anilines is 1. The predicted octanol–water partition coefficient (Wildman–Crippen LogP) is 7.78. The standard InChI is InChI=1S/C37H45BrN4O5/c1-7-42-33-14-13-28(38)19-30(33)32(21-37(4,5)24-47-26(3)43)35(42)31-20-29(22-39-34(31)25(2)45-6)40-15-17-41(18-16-40)36(44)46-23-27-11-9-8-10-12-27/h8-14,19-20,22,25H,7,15-18,21,23-24H2,1-6H3/t25-/m0/s1. The van der Waals surface area contributed by atoms with Gasteiger partial charge in [-0.05, 0) is 55.7 Å². The van der Waals surface area contributed by atoms with Gasteiger partial charge in [0, 0.05) is 73.1 Å². The number of nitrogens with zero attached hydrogens (tertiary/aromatic N) is 4. The van der Waals surface area contributed by atoms with Crippen LogP contribution in [0.15, 0.2) is 65.3 Å². The van der Waals surface area contributed by atoms with Gasteiger partial charge in [0.25, 0.3) is 0 Å². The zero-order valence-corrected chi connectivity index (χ0v) is 29.8. The van der Waals surface area contributed by atoms with Gasteiger partial charge in [0.15, 0.2) is 0 Å². The summed E-state index contributed by atoms with van der Waals surface area (Å²) in [4.78, 5) is 33.6. The van der Waals surface area contributed by atoms with Crippen LogP contribution < -0.4 is 4.90 Å². The van der Waals surface area contributed by atoms with Crippen LogP contribution in [0.1, 0.15) is 57.5 Å². The third-order valence-corrected chi connectivity index (χ3v) is 9.27. The number of carbonyl (C=O) groups is 2. The topological polar surface area (TPSA) is 86.1 Å². The number of ether oxygens (including phenoxy) is 3. The van der Waals surface area contributed by atoms with E-state index >= 15 is 0 Å². The number of pyridine rings is 1. The molecule has 9 nitrogen and oxygen atoms in total. The van der Waals surface area contributed by atoms with E-state index in [1.54, 1.807) is 12.0 Å². The van der Waals surface area contributed by atoms with Crippen LogP contribution >= 0.6 is 15.9 Å². The Morgan fingerprint density at radius 1 is 1.02 bits per heavy atom. The molecule has 1 amide bonds. The van der Waals surface area contributed by atoms with Crippen molar-refractivity contribution >= 4 is 44.6 Å². The fraction of sp³-hybridized carbons (Fsp3) is 0.432. The third kappa shape index (κ3) is 7.99. The number of amides is 1. The molecule has 250 valence electrons. The number of benzene rings is 2. The molecule has 2 aromatic heterocycles. The van der Waals surface area contributed by atoms with E-state index in [-0.39, 0.29) is 30.2 Å². The molecule has 0 saturated carbocycles. The van der Waals surface area contributed by atoms with Crippen LogP contribution in [0.2, 0.25) is 0 Å². The van der Waals surface area contributed by atoms with Crippen LogP contribution in [0.25, 0.3) is 22.2 Å². The minimum atomic E-state index is -0.320. The average Bonchev–Trinajstić information content (AvgIpc) is 3.37. The Hall–Kier alpha value is -3.89. The average molecular weight is 706 g/mol. The van der Waals surface area contributed by atoms with Crippen molar-refractivity contribution in [3.8, 4) is 11.3 Å². The van der Waals surface area contributed by atoms with Gasteiger partial charge in [-0.1, -0.05) is 60.1 Å². The highest BCUT2D eigenvalue weighted by Crippen LogP contribution is 2.42. The molecule has 0 unspecified atom stereocenters. The van der Waals surface area contributed by atoms with Gasteiger partial charge in [-0.15, -0.1) is 0 Å². The molecule has 2 aromatic carbocycles. The molecule has 0 radical (unpaired) electrons. The van der Waals surface area contributed by atoms with Crippen LogP contribution in [0.3, 0.4) is 0 Å². The van der Waals surface area contributed by atoms with Crippen LogP contribution in [0.4, 0.5) is 10.5 Å². The Bertz CT molecular complexity index is 1710. The Labute approximate surface area is 285 Å². The second-order valence-corrected chi connectivity index (χ2v) is 13.8. The highest BCUT2D eigenvalue weighted by molar-refractivity contribution is 9.10. The Kier molecular flexibility index (Phi) is 10.9. The van der Waals surface area contributed by atoms with E-state index in [0.717, 1.165) is 50.1 Å². The van der Waals surface area contributed by atoms with Crippen molar-refractivity contribution in [2.45, 2.75) is 60.3 Å². The summed E-state index contributed by atoms with van der Waals surface area (Å²) in [6, 6.07) is 18.4. The van der Waals surface area contributed by atoms with Crippen LogP contribution in [-0.4, -0.2) is 66.4 Å². The lowest BCUT2D eigenvalue weighted by Gasteiger charge is -2.35. The van der Waals surface area contributed by atoms with Crippen LogP contribution in [0, 0.1) is 5.41 Å². The summed E-state index contributed by atoms with van der Waals surface area (Å²) in [6.07, 6.45) is 2.06. The molecular formula is C37H45BrN4O5. The van der Waals surface area contributed by atoms with Gasteiger partial charge in [-0.2, -0.15) is 0 Å². The molecule has 1 fully saturated rings. The minimum Gasteiger partial charge on any atom is -0.465 e. The van der Waals surface area contributed by atoms with Crippen molar-refractivity contribution in [1.82, 2.24) is 14.5 Å². The first-order chi connectivity index (χ1) is 22.5. The number of halogens is 1. The molecule has 4 aromatic rings. The molecule has 1 atom stereocenters. The molecule has 47 heavy (non-hydrogen) atoms. The fourth-order valence-corrected chi connectivity index (χ4v) is 6.62. The van der Waals surface area contributed by atoms with Crippen molar-refractivity contribution in [2.75, 3.05) is 44.8 Å². The number of hydrogen-bond donors (Lipinski definition) is 0. The summed E-state index contributed by atoms with van der Waals surface area (Å²) < 4.78 is 20.3. The summed E-state index contributed by atoms with van der Waals surface area (Å²) in [7, 11) is 1.70. The lowest BCUT2D eigenvalue weighted by Crippen LogP contribution is -2.49. The lowest BCUT2D eigenvalue weighted by molar-refractivity contribution is -0.143. The zero-order chi connectivity index (χ0) is 33.7. The quantitative estimate of drug-likeness (QED) is 0.147. The second-order valence-electron chi connectivity index (χ2n) is 12.9. The van der Waals surface area contributed by atoms with Gasteiger partial charge in [0.1, 0.15) is 6.61 Å². The molecule has 0 spiro atoms.